The molecule has 4 aromatic rings. The summed E-state index contributed by atoms with van der Waals surface area (Å²) in [5.74, 6) is 0. The van der Waals surface area contributed by atoms with E-state index in [0.717, 1.165) is 52.0 Å². The largest absolute Gasteiger partial charge is 0.312 e. The first-order chi connectivity index (χ1) is 16.8. The van der Waals surface area contributed by atoms with Gasteiger partial charge in [0.05, 0.1) is 0 Å². The molecule has 4 rings (SSSR count). The molecular weight excluding hydrogens is 412 g/mol. The van der Waals surface area contributed by atoms with Crippen molar-refractivity contribution in [3.05, 3.63) is 143 Å². The fourth-order valence-electron chi connectivity index (χ4n) is 4.34. The van der Waals surface area contributed by atoms with Gasteiger partial charge in [-0.05, 0) is 53.6 Å². The van der Waals surface area contributed by atoms with Gasteiger partial charge < -0.3 is 5.32 Å². The van der Waals surface area contributed by atoms with Crippen LogP contribution in [-0.4, -0.2) is 24.5 Å². The Morgan fingerprint density at radius 2 is 0.941 bits per heavy atom. The van der Waals surface area contributed by atoms with Crippen LogP contribution in [0.3, 0.4) is 0 Å². The maximum absolute atomic E-state index is 3.61. The lowest BCUT2D eigenvalue weighted by Gasteiger charge is -2.23. The molecule has 0 aliphatic carbocycles. The third-order valence-corrected chi connectivity index (χ3v) is 6.28. The Balaban J connectivity index is 1.32. The summed E-state index contributed by atoms with van der Waals surface area (Å²) in [6.45, 7) is 5.02. The first-order valence-electron chi connectivity index (χ1n) is 12.5. The lowest BCUT2D eigenvalue weighted by Crippen LogP contribution is -2.28. The Hall–Kier alpha value is -3.20. The Kier molecular flexibility index (Phi) is 9.50. The zero-order valence-corrected chi connectivity index (χ0v) is 20.1. The Morgan fingerprint density at radius 3 is 1.50 bits per heavy atom. The number of hydrogen-bond acceptors (Lipinski definition) is 2. The summed E-state index contributed by atoms with van der Waals surface area (Å²) in [7, 11) is 0. The molecule has 2 heteroatoms. The van der Waals surface area contributed by atoms with E-state index in [1.807, 2.05) is 0 Å². The van der Waals surface area contributed by atoms with Crippen LogP contribution in [-0.2, 0) is 32.4 Å². The minimum absolute atomic E-state index is 0.911. The van der Waals surface area contributed by atoms with Gasteiger partial charge in [-0.1, -0.05) is 115 Å². The van der Waals surface area contributed by atoms with Gasteiger partial charge in [0.2, 0.25) is 0 Å². The van der Waals surface area contributed by atoms with E-state index in [2.05, 4.69) is 125 Å². The first-order valence-corrected chi connectivity index (χ1v) is 12.5. The van der Waals surface area contributed by atoms with Crippen LogP contribution in [0.2, 0.25) is 0 Å². The standard InChI is InChI=1S/C32H36N2/c1-4-11-28(12-5-1)19-22-33-26-31-17-10-18-32(25-31)27-34(23-20-29-13-6-2-7-14-29)24-21-30-15-8-3-9-16-30/h1-18,25,33H,19-24,26-27H2. The molecule has 0 spiro atoms. The SMILES string of the molecule is c1ccc(CCNCc2cccc(CN(CCc3ccccc3)CCc3ccccc3)c2)cc1. The molecule has 0 saturated carbocycles. The Morgan fingerprint density at radius 1 is 0.471 bits per heavy atom. The summed E-state index contributed by atoms with van der Waals surface area (Å²) in [4.78, 5) is 2.60. The van der Waals surface area contributed by atoms with Crippen molar-refractivity contribution in [3.8, 4) is 0 Å². The summed E-state index contributed by atoms with van der Waals surface area (Å²) in [5.41, 5.74) is 6.95. The summed E-state index contributed by atoms with van der Waals surface area (Å²) in [6.07, 6.45) is 3.22. The fourth-order valence-corrected chi connectivity index (χ4v) is 4.34. The molecule has 2 nitrogen and oxygen atoms in total. The van der Waals surface area contributed by atoms with Crippen LogP contribution in [0, 0.1) is 0 Å². The van der Waals surface area contributed by atoms with E-state index < -0.39 is 0 Å². The third kappa shape index (κ3) is 8.30. The van der Waals surface area contributed by atoms with Crippen molar-refractivity contribution in [1.29, 1.82) is 0 Å². The zero-order valence-electron chi connectivity index (χ0n) is 20.1. The topological polar surface area (TPSA) is 15.3 Å². The van der Waals surface area contributed by atoms with E-state index in [4.69, 9.17) is 0 Å². The highest BCUT2D eigenvalue weighted by Gasteiger charge is 2.08. The van der Waals surface area contributed by atoms with E-state index in [9.17, 15) is 0 Å². The Labute approximate surface area is 205 Å². The van der Waals surface area contributed by atoms with Gasteiger partial charge >= 0.3 is 0 Å². The monoisotopic (exact) mass is 448 g/mol. The predicted octanol–water partition coefficient (Wildman–Crippen LogP) is 6.31. The van der Waals surface area contributed by atoms with E-state index >= 15 is 0 Å². The number of rotatable bonds is 13. The average Bonchev–Trinajstić information content (AvgIpc) is 2.90. The normalized spacial score (nSPS) is 11.1. The van der Waals surface area contributed by atoms with Crippen molar-refractivity contribution in [1.82, 2.24) is 10.2 Å². The van der Waals surface area contributed by atoms with Crippen molar-refractivity contribution in [3.63, 3.8) is 0 Å². The van der Waals surface area contributed by atoms with Gasteiger partial charge in [-0.25, -0.2) is 0 Å². The molecule has 0 aliphatic rings. The van der Waals surface area contributed by atoms with Gasteiger partial charge in [0.25, 0.3) is 0 Å². The number of nitrogens with zero attached hydrogens (tertiary/aromatic N) is 1. The van der Waals surface area contributed by atoms with Crippen molar-refractivity contribution in [2.75, 3.05) is 19.6 Å². The van der Waals surface area contributed by atoms with Crippen molar-refractivity contribution in [2.45, 2.75) is 32.4 Å². The minimum atomic E-state index is 0.911. The van der Waals surface area contributed by atoms with Crippen molar-refractivity contribution < 1.29 is 0 Å². The molecule has 0 aromatic heterocycles. The molecule has 34 heavy (non-hydrogen) atoms. The van der Waals surface area contributed by atoms with Crippen molar-refractivity contribution in [2.24, 2.45) is 0 Å². The molecule has 4 aromatic carbocycles. The molecule has 0 atom stereocenters. The Bertz CT molecular complexity index is 1030. The molecule has 0 saturated heterocycles. The second-order valence-electron chi connectivity index (χ2n) is 8.98. The van der Waals surface area contributed by atoms with Gasteiger partial charge in [-0.3, -0.25) is 4.90 Å². The maximum Gasteiger partial charge on any atom is 0.0234 e. The molecule has 1 N–H and O–H groups in total. The molecule has 0 heterocycles. The minimum Gasteiger partial charge on any atom is -0.312 e. The number of nitrogens with one attached hydrogen (secondary N) is 1. The fraction of sp³-hybridized carbons (Fsp3) is 0.250. The van der Waals surface area contributed by atoms with Crippen LogP contribution >= 0.6 is 0 Å². The molecule has 174 valence electrons. The summed E-state index contributed by atoms with van der Waals surface area (Å²) in [5, 5.41) is 3.61. The van der Waals surface area contributed by atoms with Gasteiger partial charge in [0, 0.05) is 26.2 Å². The van der Waals surface area contributed by atoms with Crippen LogP contribution in [0.15, 0.2) is 115 Å². The first kappa shape index (κ1) is 23.9. The predicted molar refractivity (Wildman–Crippen MR) is 144 cm³/mol. The van der Waals surface area contributed by atoms with Gasteiger partial charge in [-0.2, -0.15) is 0 Å². The lowest BCUT2D eigenvalue weighted by atomic mass is 10.1. The zero-order chi connectivity index (χ0) is 23.3. The van der Waals surface area contributed by atoms with E-state index in [0.29, 0.717) is 0 Å². The molecule has 0 radical (unpaired) electrons. The summed E-state index contributed by atoms with van der Waals surface area (Å²) >= 11 is 0. The maximum atomic E-state index is 3.61. The summed E-state index contributed by atoms with van der Waals surface area (Å²) in [6, 6.07) is 41.4. The highest BCUT2D eigenvalue weighted by molar-refractivity contribution is 5.24. The van der Waals surface area contributed by atoms with E-state index in [1.165, 1.54) is 27.8 Å². The second kappa shape index (κ2) is 13.5. The number of benzene rings is 4. The van der Waals surface area contributed by atoms with Crippen LogP contribution < -0.4 is 5.32 Å². The van der Waals surface area contributed by atoms with Crippen LogP contribution in [0.25, 0.3) is 0 Å². The highest BCUT2D eigenvalue weighted by Crippen LogP contribution is 2.12. The quantitative estimate of drug-likeness (QED) is 0.241. The van der Waals surface area contributed by atoms with Crippen LogP contribution in [0.1, 0.15) is 27.8 Å². The summed E-state index contributed by atoms with van der Waals surface area (Å²) < 4.78 is 0. The smallest absolute Gasteiger partial charge is 0.0234 e. The molecule has 0 bridgehead atoms. The molecule has 0 unspecified atom stereocenters. The third-order valence-electron chi connectivity index (χ3n) is 6.28. The van der Waals surface area contributed by atoms with Gasteiger partial charge in [0.1, 0.15) is 0 Å². The van der Waals surface area contributed by atoms with E-state index in [-0.39, 0.29) is 0 Å². The molecule has 0 amide bonds. The second-order valence-corrected chi connectivity index (χ2v) is 8.98. The molecule has 0 fully saturated rings. The van der Waals surface area contributed by atoms with Gasteiger partial charge in [-0.15, -0.1) is 0 Å². The van der Waals surface area contributed by atoms with Gasteiger partial charge in [0.15, 0.2) is 0 Å². The lowest BCUT2D eigenvalue weighted by molar-refractivity contribution is 0.272. The van der Waals surface area contributed by atoms with E-state index in [1.54, 1.807) is 0 Å². The van der Waals surface area contributed by atoms with Crippen LogP contribution in [0.4, 0.5) is 0 Å². The average molecular weight is 449 g/mol. The number of hydrogen-bond donors (Lipinski definition) is 1. The molecule has 0 aliphatic heterocycles. The highest BCUT2D eigenvalue weighted by atomic mass is 15.1. The molecular formula is C32H36N2. The van der Waals surface area contributed by atoms with Crippen LogP contribution in [0.5, 0.6) is 0 Å². The van der Waals surface area contributed by atoms with Crippen molar-refractivity contribution >= 4 is 0 Å².